The highest BCUT2D eigenvalue weighted by Gasteiger charge is 2.02. The Morgan fingerprint density at radius 3 is 2.85 bits per heavy atom. The van der Waals surface area contributed by atoms with E-state index < -0.39 is 0 Å². The molecule has 6 heteroatoms. The molecule has 1 heterocycles. The van der Waals surface area contributed by atoms with Crippen molar-refractivity contribution in [2.75, 3.05) is 12.4 Å². The molecule has 0 fully saturated rings. The van der Waals surface area contributed by atoms with Gasteiger partial charge in [-0.3, -0.25) is 5.43 Å². The van der Waals surface area contributed by atoms with Gasteiger partial charge in [0.05, 0.1) is 19.0 Å². The van der Waals surface area contributed by atoms with Crippen LogP contribution >= 0.6 is 23.6 Å². The van der Waals surface area contributed by atoms with Gasteiger partial charge in [-0.15, -0.1) is 11.3 Å². The zero-order chi connectivity index (χ0) is 14.4. The summed E-state index contributed by atoms with van der Waals surface area (Å²) < 4.78 is 5.24. The summed E-state index contributed by atoms with van der Waals surface area (Å²) in [4.78, 5) is 1.11. The van der Waals surface area contributed by atoms with Crippen molar-refractivity contribution in [3.8, 4) is 5.75 Å². The summed E-state index contributed by atoms with van der Waals surface area (Å²) in [7, 11) is 1.62. The van der Waals surface area contributed by atoms with Gasteiger partial charge >= 0.3 is 0 Å². The third-order valence-corrected chi connectivity index (χ3v) is 3.75. The third-order valence-electron chi connectivity index (χ3n) is 2.60. The molecule has 0 radical (unpaired) electrons. The van der Waals surface area contributed by atoms with Crippen LogP contribution in [0.5, 0.6) is 5.75 Å². The van der Waals surface area contributed by atoms with E-state index in [0.717, 1.165) is 16.3 Å². The average molecular weight is 305 g/mol. The first kappa shape index (κ1) is 14.5. The van der Waals surface area contributed by atoms with E-state index in [1.165, 1.54) is 5.56 Å². The number of methoxy groups -OCH3 is 1. The van der Waals surface area contributed by atoms with Crippen LogP contribution in [-0.4, -0.2) is 18.4 Å². The SMILES string of the molecule is COc1ccccc1NC(=S)NN=Cc1sccc1C. The number of nitrogens with zero attached hydrogens (tertiary/aromatic N) is 1. The maximum atomic E-state index is 5.24. The Bertz CT molecular complexity index is 622. The molecule has 0 saturated heterocycles. The molecule has 104 valence electrons. The van der Waals surface area contributed by atoms with Crippen LogP contribution in [0.25, 0.3) is 0 Å². The van der Waals surface area contributed by atoms with Crippen LogP contribution in [0, 0.1) is 6.92 Å². The van der Waals surface area contributed by atoms with E-state index in [0.29, 0.717) is 5.11 Å². The van der Waals surface area contributed by atoms with E-state index >= 15 is 0 Å². The van der Waals surface area contributed by atoms with E-state index in [1.807, 2.05) is 36.6 Å². The first-order valence-corrected chi connectivity index (χ1v) is 7.26. The normalized spacial score (nSPS) is 10.5. The van der Waals surface area contributed by atoms with Crippen LogP contribution < -0.4 is 15.5 Å². The van der Waals surface area contributed by atoms with E-state index in [9.17, 15) is 0 Å². The molecule has 0 spiro atoms. The van der Waals surface area contributed by atoms with Crippen molar-refractivity contribution < 1.29 is 4.74 Å². The lowest BCUT2D eigenvalue weighted by Gasteiger charge is -2.10. The second-order valence-corrected chi connectivity index (χ2v) is 5.35. The topological polar surface area (TPSA) is 45.6 Å². The number of para-hydroxylation sites is 2. The second-order valence-electron chi connectivity index (χ2n) is 3.99. The number of thiocarbonyl (C=S) groups is 1. The molecule has 0 aliphatic heterocycles. The van der Waals surface area contributed by atoms with Crippen LogP contribution in [-0.2, 0) is 0 Å². The minimum atomic E-state index is 0.417. The summed E-state index contributed by atoms with van der Waals surface area (Å²) in [6, 6.07) is 9.62. The van der Waals surface area contributed by atoms with Gasteiger partial charge in [-0.2, -0.15) is 5.10 Å². The molecule has 0 unspecified atom stereocenters. The maximum Gasteiger partial charge on any atom is 0.191 e. The van der Waals surface area contributed by atoms with Crippen molar-refractivity contribution >= 4 is 40.6 Å². The predicted octanol–water partition coefficient (Wildman–Crippen LogP) is 3.39. The van der Waals surface area contributed by atoms with E-state index in [2.05, 4.69) is 21.9 Å². The smallest absolute Gasteiger partial charge is 0.191 e. The van der Waals surface area contributed by atoms with Gasteiger partial charge in [0.25, 0.3) is 0 Å². The summed E-state index contributed by atoms with van der Waals surface area (Å²) in [6.45, 7) is 2.04. The van der Waals surface area contributed by atoms with Crippen molar-refractivity contribution in [3.05, 3.63) is 46.2 Å². The van der Waals surface area contributed by atoms with Crippen LogP contribution in [0.1, 0.15) is 10.4 Å². The molecule has 0 bridgehead atoms. The number of ether oxygens (including phenoxy) is 1. The number of nitrogens with one attached hydrogen (secondary N) is 2. The van der Waals surface area contributed by atoms with E-state index in [1.54, 1.807) is 24.7 Å². The van der Waals surface area contributed by atoms with Crippen LogP contribution in [0.4, 0.5) is 5.69 Å². The van der Waals surface area contributed by atoms with Gasteiger partial charge in [0.1, 0.15) is 5.75 Å². The molecule has 4 nitrogen and oxygen atoms in total. The summed E-state index contributed by atoms with van der Waals surface area (Å²) in [5.74, 6) is 0.731. The number of benzene rings is 1. The minimum Gasteiger partial charge on any atom is -0.495 e. The molecule has 0 atom stereocenters. The lowest BCUT2D eigenvalue weighted by Crippen LogP contribution is -2.24. The molecule has 2 aromatic rings. The van der Waals surface area contributed by atoms with Gasteiger partial charge in [0, 0.05) is 4.88 Å². The Balaban J connectivity index is 1.93. The van der Waals surface area contributed by atoms with Gasteiger partial charge < -0.3 is 10.1 Å². The van der Waals surface area contributed by atoms with Crippen LogP contribution in [0.15, 0.2) is 40.8 Å². The highest BCUT2D eigenvalue weighted by Crippen LogP contribution is 2.22. The molecular formula is C14H15N3OS2. The summed E-state index contributed by atoms with van der Waals surface area (Å²) in [6.07, 6.45) is 1.76. The fraction of sp³-hybridized carbons (Fsp3) is 0.143. The van der Waals surface area contributed by atoms with Gasteiger partial charge in [0.15, 0.2) is 5.11 Å². The number of aryl methyl sites for hydroxylation is 1. The van der Waals surface area contributed by atoms with Crippen molar-refractivity contribution in [1.82, 2.24) is 5.43 Å². The van der Waals surface area contributed by atoms with E-state index in [4.69, 9.17) is 17.0 Å². The first-order chi connectivity index (χ1) is 9.70. The molecule has 1 aromatic heterocycles. The molecule has 0 aliphatic carbocycles. The Morgan fingerprint density at radius 1 is 1.35 bits per heavy atom. The maximum absolute atomic E-state index is 5.24. The zero-order valence-electron chi connectivity index (χ0n) is 11.2. The fourth-order valence-corrected chi connectivity index (χ4v) is 2.51. The number of rotatable bonds is 4. The Kier molecular flexibility index (Phi) is 5.09. The van der Waals surface area contributed by atoms with Crippen molar-refractivity contribution in [1.29, 1.82) is 0 Å². The predicted molar refractivity (Wildman–Crippen MR) is 89.0 cm³/mol. The average Bonchev–Trinajstić information content (AvgIpc) is 2.85. The van der Waals surface area contributed by atoms with Gasteiger partial charge in [0.2, 0.25) is 0 Å². The number of hydrogen-bond acceptors (Lipinski definition) is 4. The van der Waals surface area contributed by atoms with Crippen molar-refractivity contribution in [3.63, 3.8) is 0 Å². The van der Waals surface area contributed by atoms with Crippen LogP contribution in [0.3, 0.4) is 0 Å². The van der Waals surface area contributed by atoms with Crippen molar-refractivity contribution in [2.24, 2.45) is 5.10 Å². The molecule has 0 amide bonds. The van der Waals surface area contributed by atoms with Gasteiger partial charge in [-0.25, -0.2) is 0 Å². The molecule has 2 rings (SSSR count). The lowest BCUT2D eigenvalue weighted by molar-refractivity contribution is 0.417. The number of hydrazone groups is 1. The monoisotopic (exact) mass is 305 g/mol. The quantitative estimate of drug-likeness (QED) is 0.516. The molecule has 20 heavy (non-hydrogen) atoms. The standard InChI is InChI=1S/C14H15N3OS2/c1-10-7-8-20-13(10)9-15-17-14(19)16-11-5-3-4-6-12(11)18-2/h3-9H,1-2H3,(H2,16,17,19). The van der Waals surface area contributed by atoms with Gasteiger partial charge in [-0.1, -0.05) is 12.1 Å². The number of anilines is 1. The third kappa shape index (κ3) is 3.79. The highest BCUT2D eigenvalue weighted by molar-refractivity contribution is 7.80. The Morgan fingerprint density at radius 2 is 2.15 bits per heavy atom. The molecular weight excluding hydrogens is 290 g/mol. The molecule has 1 aromatic carbocycles. The van der Waals surface area contributed by atoms with Gasteiger partial charge in [-0.05, 0) is 48.3 Å². The fourth-order valence-electron chi connectivity index (χ4n) is 1.56. The van der Waals surface area contributed by atoms with E-state index in [-0.39, 0.29) is 0 Å². The molecule has 0 saturated carbocycles. The Hall–Kier alpha value is -1.92. The summed E-state index contributed by atoms with van der Waals surface area (Å²) in [5, 5.41) is 9.60. The van der Waals surface area contributed by atoms with Crippen molar-refractivity contribution in [2.45, 2.75) is 6.92 Å². The van der Waals surface area contributed by atoms with Crippen LogP contribution in [0.2, 0.25) is 0 Å². The first-order valence-electron chi connectivity index (χ1n) is 5.98. The largest absolute Gasteiger partial charge is 0.495 e. The molecule has 0 aliphatic rings. The Labute approximate surface area is 127 Å². The minimum absolute atomic E-state index is 0.417. The zero-order valence-corrected chi connectivity index (χ0v) is 12.8. The number of thiophene rings is 1. The highest BCUT2D eigenvalue weighted by atomic mass is 32.1. The number of hydrogen-bond donors (Lipinski definition) is 2. The lowest BCUT2D eigenvalue weighted by atomic mass is 10.3. The summed E-state index contributed by atoms with van der Waals surface area (Å²) >= 11 is 6.82. The second kappa shape index (κ2) is 7.02. The summed E-state index contributed by atoms with van der Waals surface area (Å²) in [5.41, 5.74) is 4.79. The molecule has 2 N–H and O–H groups in total.